The standard InChI is InChI=1S/C14H16N4/c1-12(14-17-16-11-18(14)2)15-10-6-9-13-7-4-3-5-8-13/h3-5,7-8,11-12,15H,10H2,1-2H3. The molecule has 1 unspecified atom stereocenters. The highest BCUT2D eigenvalue weighted by molar-refractivity contribution is 5.33. The van der Waals surface area contributed by atoms with Gasteiger partial charge in [0, 0.05) is 12.6 Å². The third-order valence-electron chi connectivity index (χ3n) is 2.64. The molecule has 0 aliphatic heterocycles. The van der Waals surface area contributed by atoms with Crippen LogP contribution in [0.15, 0.2) is 36.7 Å². The quantitative estimate of drug-likeness (QED) is 0.827. The van der Waals surface area contributed by atoms with E-state index in [-0.39, 0.29) is 6.04 Å². The second kappa shape index (κ2) is 5.99. The van der Waals surface area contributed by atoms with Crippen molar-refractivity contribution >= 4 is 0 Å². The van der Waals surface area contributed by atoms with E-state index >= 15 is 0 Å². The third-order valence-corrected chi connectivity index (χ3v) is 2.64. The largest absolute Gasteiger partial charge is 0.319 e. The molecule has 18 heavy (non-hydrogen) atoms. The summed E-state index contributed by atoms with van der Waals surface area (Å²) in [5.74, 6) is 7.11. The molecule has 0 spiro atoms. The molecule has 1 aromatic heterocycles. The van der Waals surface area contributed by atoms with Crippen LogP contribution in [-0.2, 0) is 7.05 Å². The monoisotopic (exact) mass is 240 g/mol. The Morgan fingerprint density at radius 3 is 2.78 bits per heavy atom. The van der Waals surface area contributed by atoms with E-state index < -0.39 is 0 Å². The molecule has 0 aliphatic rings. The maximum absolute atomic E-state index is 4.05. The van der Waals surface area contributed by atoms with Crippen LogP contribution in [0, 0.1) is 11.8 Å². The van der Waals surface area contributed by atoms with Crippen molar-refractivity contribution < 1.29 is 0 Å². The van der Waals surface area contributed by atoms with Gasteiger partial charge in [0.05, 0.1) is 12.6 Å². The van der Waals surface area contributed by atoms with Crippen LogP contribution in [0.5, 0.6) is 0 Å². The minimum atomic E-state index is 0.141. The van der Waals surface area contributed by atoms with Crippen LogP contribution < -0.4 is 5.32 Å². The highest BCUT2D eigenvalue weighted by atomic mass is 15.3. The molecule has 2 aromatic rings. The Bertz CT molecular complexity index is 548. The highest BCUT2D eigenvalue weighted by Gasteiger charge is 2.08. The van der Waals surface area contributed by atoms with E-state index in [0.717, 1.165) is 11.4 Å². The minimum absolute atomic E-state index is 0.141. The summed E-state index contributed by atoms with van der Waals surface area (Å²) in [6, 6.07) is 10.1. The molecule has 0 fully saturated rings. The van der Waals surface area contributed by atoms with Crippen molar-refractivity contribution in [2.45, 2.75) is 13.0 Å². The van der Waals surface area contributed by atoms with E-state index in [1.165, 1.54) is 0 Å². The van der Waals surface area contributed by atoms with E-state index in [1.807, 2.05) is 48.9 Å². The molecule has 92 valence electrons. The van der Waals surface area contributed by atoms with Crippen molar-refractivity contribution in [3.05, 3.63) is 48.0 Å². The molecule has 2 rings (SSSR count). The topological polar surface area (TPSA) is 42.7 Å². The minimum Gasteiger partial charge on any atom is -0.319 e. The fourth-order valence-electron chi connectivity index (χ4n) is 1.65. The fourth-order valence-corrected chi connectivity index (χ4v) is 1.65. The van der Waals surface area contributed by atoms with Crippen molar-refractivity contribution in [2.75, 3.05) is 6.54 Å². The zero-order valence-electron chi connectivity index (χ0n) is 10.6. The van der Waals surface area contributed by atoms with Gasteiger partial charge < -0.3 is 4.57 Å². The van der Waals surface area contributed by atoms with Crippen LogP contribution in [0.4, 0.5) is 0 Å². The summed E-state index contributed by atoms with van der Waals surface area (Å²) in [6.45, 7) is 2.68. The van der Waals surface area contributed by atoms with Gasteiger partial charge in [-0.3, -0.25) is 5.32 Å². The van der Waals surface area contributed by atoms with Gasteiger partial charge in [-0.1, -0.05) is 30.0 Å². The lowest BCUT2D eigenvalue weighted by atomic mass is 10.2. The second-order valence-electron chi connectivity index (χ2n) is 4.07. The SMILES string of the molecule is CC(NCC#Cc1ccccc1)c1nncn1C. The Morgan fingerprint density at radius 2 is 2.11 bits per heavy atom. The van der Waals surface area contributed by atoms with Gasteiger partial charge in [-0.05, 0) is 19.1 Å². The number of nitrogens with one attached hydrogen (secondary N) is 1. The Hall–Kier alpha value is -2.12. The van der Waals surface area contributed by atoms with Crippen molar-refractivity contribution in [3.63, 3.8) is 0 Å². The molecule has 1 N–H and O–H groups in total. The van der Waals surface area contributed by atoms with Gasteiger partial charge in [0.1, 0.15) is 12.2 Å². The van der Waals surface area contributed by atoms with E-state index in [2.05, 4.69) is 27.4 Å². The lowest BCUT2D eigenvalue weighted by Crippen LogP contribution is -2.21. The Kier molecular flexibility index (Phi) is 4.11. The maximum atomic E-state index is 4.05. The summed E-state index contributed by atoms with van der Waals surface area (Å²) in [5.41, 5.74) is 1.03. The summed E-state index contributed by atoms with van der Waals surface area (Å²) >= 11 is 0. The number of nitrogens with zero attached hydrogens (tertiary/aromatic N) is 3. The highest BCUT2D eigenvalue weighted by Crippen LogP contribution is 2.05. The molecule has 0 saturated carbocycles. The molecule has 0 radical (unpaired) electrons. The predicted octanol–water partition coefficient (Wildman–Crippen LogP) is 1.52. The van der Waals surface area contributed by atoms with Crippen molar-refractivity contribution in [1.29, 1.82) is 0 Å². The summed E-state index contributed by atoms with van der Waals surface area (Å²) in [5, 5.41) is 11.2. The molecular weight excluding hydrogens is 224 g/mol. The maximum Gasteiger partial charge on any atom is 0.149 e. The number of aromatic nitrogens is 3. The van der Waals surface area contributed by atoms with E-state index in [1.54, 1.807) is 6.33 Å². The molecule has 0 amide bonds. The second-order valence-corrected chi connectivity index (χ2v) is 4.07. The number of hydrogen-bond donors (Lipinski definition) is 1. The van der Waals surface area contributed by atoms with Crippen LogP contribution in [0.1, 0.15) is 24.4 Å². The van der Waals surface area contributed by atoms with Crippen molar-refractivity contribution in [2.24, 2.45) is 7.05 Å². The smallest absolute Gasteiger partial charge is 0.149 e. The van der Waals surface area contributed by atoms with Gasteiger partial charge in [-0.25, -0.2) is 0 Å². The first-order valence-electron chi connectivity index (χ1n) is 5.88. The van der Waals surface area contributed by atoms with Crippen LogP contribution in [-0.4, -0.2) is 21.3 Å². The van der Waals surface area contributed by atoms with Gasteiger partial charge in [0.25, 0.3) is 0 Å². The van der Waals surface area contributed by atoms with E-state index in [9.17, 15) is 0 Å². The third kappa shape index (κ3) is 3.19. The molecule has 4 nitrogen and oxygen atoms in total. The molecule has 0 aliphatic carbocycles. The number of benzene rings is 1. The summed E-state index contributed by atoms with van der Waals surface area (Å²) < 4.78 is 1.91. The number of rotatable bonds is 3. The predicted molar refractivity (Wildman–Crippen MR) is 70.7 cm³/mol. The van der Waals surface area contributed by atoms with E-state index in [0.29, 0.717) is 6.54 Å². The molecule has 0 saturated heterocycles. The van der Waals surface area contributed by atoms with Gasteiger partial charge in [0.2, 0.25) is 0 Å². The van der Waals surface area contributed by atoms with Gasteiger partial charge in [-0.15, -0.1) is 10.2 Å². The fraction of sp³-hybridized carbons (Fsp3) is 0.286. The zero-order valence-corrected chi connectivity index (χ0v) is 10.6. The molecule has 0 bridgehead atoms. The van der Waals surface area contributed by atoms with Crippen LogP contribution in [0.2, 0.25) is 0 Å². The van der Waals surface area contributed by atoms with Crippen LogP contribution in [0.25, 0.3) is 0 Å². The molecule has 1 aromatic carbocycles. The number of hydrogen-bond acceptors (Lipinski definition) is 3. The zero-order chi connectivity index (χ0) is 12.8. The first-order valence-corrected chi connectivity index (χ1v) is 5.88. The molecule has 4 heteroatoms. The lowest BCUT2D eigenvalue weighted by Gasteiger charge is -2.09. The molecule has 1 atom stereocenters. The van der Waals surface area contributed by atoms with Crippen molar-refractivity contribution in [3.8, 4) is 11.8 Å². The van der Waals surface area contributed by atoms with Gasteiger partial charge in [0.15, 0.2) is 0 Å². The number of aryl methyl sites for hydroxylation is 1. The average Bonchev–Trinajstić information content (AvgIpc) is 2.82. The Morgan fingerprint density at radius 1 is 1.33 bits per heavy atom. The van der Waals surface area contributed by atoms with Crippen LogP contribution in [0.3, 0.4) is 0 Å². The first kappa shape index (κ1) is 12.3. The lowest BCUT2D eigenvalue weighted by molar-refractivity contribution is 0.563. The Labute approximate surface area is 107 Å². The average molecular weight is 240 g/mol. The van der Waals surface area contributed by atoms with E-state index in [4.69, 9.17) is 0 Å². The Balaban J connectivity index is 1.86. The molecule has 1 heterocycles. The first-order chi connectivity index (χ1) is 8.77. The summed E-state index contributed by atoms with van der Waals surface area (Å²) in [4.78, 5) is 0. The normalized spacial score (nSPS) is 11.7. The van der Waals surface area contributed by atoms with Gasteiger partial charge in [-0.2, -0.15) is 0 Å². The molecular formula is C14H16N4. The van der Waals surface area contributed by atoms with Crippen molar-refractivity contribution in [1.82, 2.24) is 20.1 Å². The van der Waals surface area contributed by atoms with Gasteiger partial charge >= 0.3 is 0 Å². The van der Waals surface area contributed by atoms with Crippen LogP contribution >= 0.6 is 0 Å². The summed E-state index contributed by atoms with van der Waals surface area (Å²) in [7, 11) is 1.93. The summed E-state index contributed by atoms with van der Waals surface area (Å²) in [6.07, 6.45) is 1.70.